The Balaban J connectivity index is 1.63. The van der Waals surface area contributed by atoms with Gasteiger partial charge in [-0.05, 0) is 30.2 Å². The second-order valence-corrected chi connectivity index (χ2v) is 7.53. The number of benzene rings is 2. The Morgan fingerprint density at radius 2 is 1.78 bits per heavy atom. The van der Waals surface area contributed by atoms with Crippen molar-refractivity contribution in [2.75, 3.05) is 5.43 Å². The van der Waals surface area contributed by atoms with E-state index in [1.54, 1.807) is 34.8 Å². The maximum Gasteiger partial charge on any atom is 0.299 e. The number of aromatic nitrogens is 5. The fourth-order valence-corrected chi connectivity index (χ4v) is 3.86. The number of nitrogens with zero attached hydrogens (tertiary/aromatic N) is 5. The lowest BCUT2D eigenvalue weighted by Crippen LogP contribution is -2.33. The minimum absolute atomic E-state index is 0.0872. The first-order valence-electron chi connectivity index (χ1n) is 9.99. The highest BCUT2D eigenvalue weighted by molar-refractivity contribution is 6.34. The lowest BCUT2D eigenvalue weighted by Gasteiger charge is -2.10. The van der Waals surface area contributed by atoms with Crippen molar-refractivity contribution in [3.63, 3.8) is 0 Å². The first-order valence-corrected chi connectivity index (χ1v) is 10.4. The highest BCUT2D eigenvalue weighted by Crippen LogP contribution is 2.28. The summed E-state index contributed by atoms with van der Waals surface area (Å²) in [5, 5.41) is 13.5. The predicted octanol–water partition coefficient (Wildman–Crippen LogP) is 3.71. The highest BCUT2D eigenvalue weighted by atomic mass is 35.5. The van der Waals surface area contributed by atoms with Crippen molar-refractivity contribution in [1.29, 1.82) is 0 Å². The number of amides is 1. The van der Waals surface area contributed by atoms with Gasteiger partial charge in [0, 0.05) is 6.20 Å². The lowest BCUT2D eigenvalue weighted by molar-refractivity contribution is 0.101. The lowest BCUT2D eigenvalue weighted by atomic mass is 10.0. The number of rotatable bonds is 4. The van der Waals surface area contributed by atoms with Gasteiger partial charge in [0.25, 0.3) is 11.5 Å². The number of nitrogens with one attached hydrogen (secondary N) is 1. The third-order valence-electron chi connectivity index (χ3n) is 5.19. The Bertz CT molecular complexity index is 1540. The number of halogens is 1. The molecule has 0 aliphatic carbocycles. The van der Waals surface area contributed by atoms with Crippen LogP contribution in [0.4, 0.5) is 0 Å². The van der Waals surface area contributed by atoms with Crippen molar-refractivity contribution in [2.45, 2.75) is 13.3 Å². The molecule has 0 bridgehead atoms. The summed E-state index contributed by atoms with van der Waals surface area (Å²) in [5.74, 6) is -0.509. The molecule has 32 heavy (non-hydrogen) atoms. The molecular formula is C23H17ClN6O2. The average molecular weight is 445 g/mol. The van der Waals surface area contributed by atoms with Gasteiger partial charge in [0.05, 0.1) is 21.8 Å². The molecule has 0 aliphatic rings. The van der Waals surface area contributed by atoms with Gasteiger partial charge in [-0.2, -0.15) is 5.10 Å². The summed E-state index contributed by atoms with van der Waals surface area (Å²) >= 11 is 6.08. The van der Waals surface area contributed by atoms with Crippen molar-refractivity contribution in [1.82, 2.24) is 24.5 Å². The maximum atomic E-state index is 13.0. The van der Waals surface area contributed by atoms with Crippen LogP contribution in [0.25, 0.3) is 27.8 Å². The van der Waals surface area contributed by atoms with Crippen molar-refractivity contribution in [3.05, 3.63) is 93.5 Å². The molecule has 0 radical (unpaired) electrons. The van der Waals surface area contributed by atoms with Crippen LogP contribution in [0.5, 0.6) is 0 Å². The van der Waals surface area contributed by atoms with Gasteiger partial charge < -0.3 is 0 Å². The first-order chi connectivity index (χ1) is 15.6. The normalized spacial score (nSPS) is 11.2. The Hall–Kier alpha value is -4.04. The van der Waals surface area contributed by atoms with E-state index < -0.39 is 11.5 Å². The monoisotopic (exact) mass is 444 g/mol. The van der Waals surface area contributed by atoms with Crippen LogP contribution in [0.1, 0.15) is 23.0 Å². The molecule has 0 saturated carbocycles. The minimum atomic E-state index is -0.521. The molecule has 0 aliphatic heterocycles. The molecule has 0 unspecified atom stereocenters. The van der Waals surface area contributed by atoms with Crippen LogP contribution in [0, 0.1) is 0 Å². The summed E-state index contributed by atoms with van der Waals surface area (Å²) in [4.78, 5) is 25.6. The number of carbonyl (C=O) groups excluding carboxylic acids is 1. The van der Waals surface area contributed by atoms with E-state index in [0.717, 1.165) is 21.5 Å². The molecule has 0 atom stereocenters. The number of pyridine rings is 1. The first kappa shape index (κ1) is 19.9. The number of hydrogen-bond acceptors (Lipinski definition) is 5. The molecule has 0 saturated heterocycles. The molecule has 5 rings (SSSR count). The van der Waals surface area contributed by atoms with E-state index in [1.807, 2.05) is 37.3 Å². The van der Waals surface area contributed by atoms with Crippen molar-refractivity contribution in [3.8, 4) is 11.1 Å². The highest BCUT2D eigenvalue weighted by Gasteiger charge is 2.19. The molecular weight excluding hydrogens is 428 g/mol. The average Bonchev–Trinajstić information content (AvgIpc) is 3.20. The summed E-state index contributed by atoms with van der Waals surface area (Å²) in [5.41, 5.74) is 6.16. The Kier molecular flexibility index (Phi) is 4.91. The number of hydrogen-bond donors (Lipinski definition) is 1. The van der Waals surface area contributed by atoms with Crippen LogP contribution in [-0.4, -0.2) is 30.4 Å². The summed E-state index contributed by atoms with van der Waals surface area (Å²) in [6.45, 7) is 2.01. The third-order valence-corrected chi connectivity index (χ3v) is 5.52. The van der Waals surface area contributed by atoms with Crippen LogP contribution in [0.3, 0.4) is 0 Å². The predicted molar refractivity (Wildman–Crippen MR) is 123 cm³/mol. The molecule has 1 amide bonds. The fraction of sp³-hybridized carbons (Fsp3) is 0.0870. The van der Waals surface area contributed by atoms with Crippen LogP contribution in [-0.2, 0) is 6.42 Å². The van der Waals surface area contributed by atoms with Crippen LogP contribution in [0.15, 0.2) is 71.7 Å². The summed E-state index contributed by atoms with van der Waals surface area (Å²) in [7, 11) is 0. The van der Waals surface area contributed by atoms with Crippen molar-refractivity contribution < 1.29 is 4.79 Å². The standard InChI is InChI=1S/C23H17ClN6O2/c1-2-17-19(14-8-4-3-5-9-14)21-26-25-20-18(30(21)27-17)12-13-29(23(20)32)28-22(31)15-10-6-7-11-16(15)24/h3-13H,2H2,1H3,(H,28,31). The van der Waals surface area contributed by atoms with Gasteiger partial charge >= 0.3 is 0 Å². The quantitative estimate of drug-likeness (QED) is 0.456. The van der Waals surface area contributed by atoms with E-state index in [4.69, 9.17) is 11.6 Å². The maximum absolute atomic E-state index is 13.0. The largest absolute Gasteiger partial charge is 0.299 e. The number of fused-ring (bicyclic) bond motifs is 3. The Morgan fingerprint density at radius 1 is 1.03 bits per heavy atom. The Labute approximate surface area is 187 Å². The van der Waals surface area contributed by atoms with E-state index >= 15 is 0 Å². The van der Waals surface area contributed by atoms with Gasteiger partial charge in [0.15, 0.2) is 11.2 Å². The molecule has 8 nitrogen and oxygen atoms in total. The second kappa shape index (κ2) is 7.90. The fourth-order valence-electron chi connectivity index (χ4n) is 3.64. The summed E-state index contributed by atoms with van der Waals surface area (Å²) in [6, 6.07) is 18.1. The van der Waals surface area contributed by atoms with Crippen molar-refractivity contribution in [2.24, 2.45) is 0 Å². The zero-order chi connectivity index (χ0) is 22.2. The molecule has 5 aromatic rings. The third kappa shape index (κ3) is 3.21. The molecule has 0 spiro atoms. The summed E-state index contributed by atoms with van der Waals surface area (Å²) in [6.07, 6.45) is 2.16. The minimum Gasteiger partial charge on any atom is -0.267 e. The van der Waals surface area contributed by atoms with E-state index in [-0.39, 0.29) is 16.1 Å². The van der Waals surface area contributed by atoms with Gasteiger partial charge in [-0.3, -0.25) is 15.0 Å². The topological polar surface area (TPSA) is 94.2 Å². The molecule has 2 aromatic carbocycles. The van der Waals surface area contributed by atoms with E-state index in [1.165, 1.54) is 6.20 Å². The van der Waals surface area contributed by atoms with E-state index in [2.05, 4.69) is 20.7 Å². The summed E-state index contributed by atoms with van der Waals surface area (Å²) < 4.78 is 2.70. The van der Waals surface area contributed by atoms with Crippen molar-refractivity contribution >= 4 is 34.2 Å². The van der Waals surface area contributed by atoms with Gasteiger partial charge in [-0.15, -0.1) is 10.2 Å². The second-order valence-electron chi connectivity index (χ2n) is 7.12. The number of carbonyl (C=O) groups is 1. The van der Waals surface area contributed by atoms with Gasteiger partial charge in [0.1, 0.15) is 5.52 Å². The zero-order valence-corrected chi connectivity index (χ0v) is 17.7. The van der Waals surface area contributed by atoms with Gasteiger partial charge in [-0.25, -0.2) is 9.19 Å². The van der Waals surface area contributed by atoms with Crippen LogP contribution in [0.2, 0.25) is 5.02 Å². The molecule has 9 heteroatoms. The van der Waals surface area contributed by atoms with E-state index in [0.29, 0.717) is 17.6 Å². The Morgan fingerprint density at radius 3 is 2.53 bits per heavy atom. The molecule has 1 N–H and O–H groups in total. The molecule has 3 aromatic heterocycles. The van der Waals surface area contributed by atoms with Crippen LogP contribution >= 0.6 is 11.6 Å². The van der Waals surface area contributed by atoms with Gasteiger partial charge in [-0.1, -0.05) is 61.0 Å². The zero-order valence-electron chi connectivity index (χ0n) is 17.0. The van der Waals surface area contributed by atoms with Gasteiger partial charge in [0.2, 0.25) is 0 Å². The van der Waals surface area contributed by atoms with Crippen LogP contribution < -0.4 is 11.0 Å². The molecule has 0 fully saturated rings. The smallest absolute Gasteiger partial charge is 0.267 e. The molecule has 3 heterocycles. The number of aryl methyl sites for hydroxylation is 1. The SMILES string of the molecule is CCc1nn2c(nnc3c(=O)n(NC(=O)c4ccccc4Cl)ccc32)c1-c1ccccc1. The molecule has 158 valence electrons. The van der Waals surface area contributed by atoms with E-state index in [9.17, 15) is 9.59 Å².